The van der Waals surface area contributed by atoms with Crippen molar-refractivity contribution in [3.8, 4) is 11.5 Å². The van der Waals surface area contributed by atoms with Crippen molar-refractivity contribution in [1.82, 2.24) is 5.32 Å². The lowest BCUT2D eigenvalue weighted by Crippen LogP contribution is -2.53. The Labute approximate surface area is 178 Å². The Bertz CT molecular complexity index is 888. The molecule has 0 saturated heterocycles. The molecule has 2 N–H and O–H groups in total. The van der Waals surface area contributed by atoms with Gasteiger partial charge < -0.3 is 19.9 Å². The molecule has 0 radical (unpaired) electrons. The number of hydrogen-bond acceptors (Lipinski definition) is 4. The SMILES string of the molecule is Cc1ccccc1C1CCc2cc(OC3(C(=O)NCCO)CCCCC3)ccc2O1. The van der Waals surface area contributed by atoms with Crippen molar-refractivity contribution in [2.75, 3.05) is 13.2 Å². The lowest BCUT2D eigenvalue weighted by Gasteiger charge is -2.36. The Morgan fingerprint density at radius 3 is 2.77 bits per heavy atom. The third-order valence-electron chi connectivity index (χ3n) is 6.30. The van der Waals surface area contributed by atoms with Crippen LogP contribution in [-0.4, -0.2) is 29.8 Å². The van der Waals surface area contributed by atoms with Gasteiger partial charge >= 0.3 is 0 Å². The van der Waals surface area contributed by atoms with Crippen LogP contribution >= 0.6 is 0 Å². The van der Waals surface area contributed by atoms with E-state index in [4.69, 9.17) is 14.6 Å². The molecule has 30 heavy (non-hydrogen) atoms. The van der Waals surface area contributed by atoms with E-state index >= 15 is 0 Å². The van der Waals surface area contributed by atoms with Gasteiger partial charge in [0.05, 0.1) is 6.61 Å². The van der Waals surface area contributed by atoms with E-state index in [0.29, 0.717) is 18.6 Å². The Kier molecular flexibility index (Phi) is 6.28. The highest BCUT2D eigenvalue weighted by molar-refractivity contribution is 5.85. The van der Waals surface area contributed by atoms with Crippen LogP contribution in [-0.2, 0) is 11.2 Å². The molecule has 0 spiro atoms. The second-order valence-corrected chi connectivity index (χ2v) is 8.41. The van der Waals surface area contributed by atoms with Gasteiger partial charge in [0, 0.05) is 6.54 Å². The minimum absolute atomic E-state index is 0.0689. The fraction of sp³-hybridized carbons (Fsp3) is 0.480. The zero-order chi connectivity index (χ0) is 21.0. The molecule has 1 aliphatic heterocycles. The number of fused-ring (bicyclic) bond motifs is 1. The third-order valence-corrected chi connectivity index (χ3v) is 6.30. The van der Waals surface area contributed by atoms with Crippen molar-refractivity contribution >= 4 is 5.91 Å². The van der Waals surface area contributed by atoms with Crippen molar-refractivity contribution in [2.45, 2.75) is 63.6 Å². The third kappa shape index (κ3) is 4.31. The summed E-state index contributed by atoms with van der Waals surface area (Å²) in [5.41, 5.74) is 2.77. The summed E-state index contributed by atoms with van der Waals surface area (Å²) in [5.74, 6) is 1.49. The molecular weight excluding hydrogens is 378 g/mol. The summed E-state index contributed by atoms with van der Waals surface area (Å²) in [6.45, 7) is 2.30. The highest BCUT2D eigenvalue weighted by atomic mass is 16.5. The molecule has 5 heteroatoms. The Hall–Kier alpha value is -2.53. The van der Waals surface area contributed by atoms with Crippen molar-refractivity contribution in [2.24, 2.45) is 0 Å². The van der Waals surface area contributed by atoms with Gasteiger partial charge in [-0.15, -0.1) is 0 Å². The number of benzene rings is 2. The maximum absolute atomic E-state index is 12.8. The van der Waals surface area contributed by atoms with E-state index in [0.717, 1.165) is 43.4 Å². The molecule has 0 aromatic heterocycles. The summed E-state index contributed by atoms with van der Waals surface area (Å²) in [6, 6.07) is 14.3. The van der Waals surface area contributed by atoms with Gasteiger partial charge in [-0.1, -0.05) is 30.7 Å². The van der Waals surface area contributed by atoms with Crippen molar-refractivity contribution in [1.29, 1.82) is 0 Å². The first kappa shape index (κ1) is 20.7. The molecule has 0 bridgehead atoms. The fourth-order valence-electron chi connectivity index (χ4n) is 4.65. The number of aliphatic hydroxyl groups is 1. The molecule has 2 aromatic rings. The second kappa shape index (κ2) is 9.09. The number of ether oxygens (including phenoxy) is 2. The maximum Gasteiger partial charge on any atom is 0.264 e. The van der Waals surface area contributed by atoms with E-state index in [9.17, 15) is 4.79 Å². The lowest BCUT2D eigenvalue weighted by atomic mass is 9.83. The molecule has 160 valence electrons. The standard InChI is InChI=1S/C25H31NO4/c1-18-7-3-4-8-21(18)23-11-9-19-17-20(10-12-22(19)29-23)30-25(13-5-2-6-14-25)24(28)26-15-16-27/h3-4,7-8,10,12,17,23,27H,2,5-6,9,11,13-16H2,1H3,(H,26,28). The molecule has 1 unspecified atom stereocenters. The maximum atomic E-state index is 12.8. The van der Waals surface area contributed by atoms with Crippen LogP contribution in [0.3, 0.4) is 0 Å². The van der Waals surface area contributed by atoms with Gasteiger partial charge in [0.15, 0.2) is 5.60 Å². The van der Waals surface area contributed by atoms with E-state index < -0.39 is 5.60 Å². The summed E-state index contributed by atoms with van der Waals surface area (Å²) < 4.78 is 12.7. The number of aryl methyl sites for hydroxylation is 2. The molecule has 1 amide bonds. The average molecular weight is 410 g/mol. The van der Waals surface area contributed by atoms with Gasteiger partial charge in [0.1, 0.15) is 17.6 Å². The number of nitrogens with one attached hydrogen (secondary N) is 1. The van der Waals surface area contributed by atoms with Crippen LogP contribution in [0.15, 0.2) is 42.5 Å². The highest BCUT2D eigenvalue weighted by Gasteiger charge is 2.42. The molecule has 5 nitrogen and oxygen atoms in total. The summed E-state index contributed by atoms with van der Waals surface area (Å²) in [6.07, 6.45) is 6.37. The molecule has 2 aliphatic rings. The molecule has 4 rings (SSSR count). The highest BCUT2D eigenvalue weighted by Crippen LogP contribution is 2.39. The van der Waals surface area contributed by atoms with E-state index in [1.54, 1.807) is 0 Å². The number of amides is 1. The van der Waals surface area contributed by atoms with Gasteiger partial charge in [0.2, 0.25) is 0 Å². The van der Waals surface area contributed by atoms with Crippen LogP contribution in [0.2, 0.25) is 0 Å². The van der Waals surface area contributed by atoms with Crippen LogP contribution in [0.25, 0.3) is 0 Å². The van der Waals surface area contributed by atoms with E-state index in [2.05, 4.69) is 36.5 Å². The molecule has 1 heterocycles. The minimum Gasteiger partial charge on any atom is -0.485 e. The number of rotatable bonds is 6. The average Bonchev–Trinajstić information content (AvgIpc) is 2.78. The number of carbonyl (C=O) groups excluding carboxylic acids is 1. The minimum atomic E-state index is -0.846. The van der Waals surface area contributed by atoms with Crippen LogP contribution in [0.5, 0.6) is 11.5 Å². The Morgan fingerprint density at radius 2 is 2.00 bits per heavy atom. The predicted molar refractivity (Wildman–Crippen MR) is 116 cm³/mol. The molecule has 2 aromatic carbocycles. The second-order valence-electron chi connectivity index (χ2n) is 8.41. The normalized spacial score (nSPS) is 20.0. The van der Waals surface area contributed by atoms with E-state index in [-0.39, 0.29) is 25.2 Å². The molecule has 1 fully saturated rings. The smallest absolute Gasteiger partial charge is 0.264 e. The molecule has 1 aliphatic carbocycles. The van der Waals surface area contributed by atoms with Crippen LogP contribution < -0.4 is 14.8 Å². The van der Waals surface area contributed by atoms with Gasteiger partial charge in [0.25, 0.3) is 5.91 Å². The van der Waals surface area contributed by atoms with Gasteiger partial charge in [-0.2, -0.15) is 0 Å². The Morgan fingerprint density at radius 1 is 1.20 bits per heavy atom. The lowest BCUT2D eigenvalue weighted by molar-refractivity contribution is -0.140. The first-order chi connectivity index (χ1) is 14.6. The van der Waals surface area contributed by atoms with Gasteiger partial charge in [-0.3, -0.25) is 4.79 Å². The van der Waals surface area contributed by atoms with E-state index in [1.807, 2.05) is 18.2 Å². The summed E-state index contributed by atoms with van der Waals surface area (Å²) in [7, 11) is 0. The predicted octanol–water partition coefficient (Wildman–Crippen LogP) is 4.25. The number of hydrogen-bond donors (Lipinski definition) is 2. The van der Waals surface area contributed by atoms with Crippen LogP contribution in [0.1, 0.15) is 61.3 Å². The van der Waals surface area contributed by atoms with E-state index in [1.165, 1.54) is 11.1 Å². The molecule has 1 atom stereocenters. The summed E-state index contributed by atoms with van der Waals surface area (Å²) >= 11 is 0. The zero-order valence-corrected chi connectivity index (χ0v) is 17.7. The van der Waals surface area contributed by atoms with Crippen molar-refractivity contribution in [3.05, 3.63) is 59.2 Å². The topological polar surface area (TPSA) is 67.8 Å². The van der Waals surface area contributed by atoms with Gasteiger partial charge in [-0.25, -0.2) is 0 Å². The Balaban J connectivity index is 1.51. The number of carbonyl (C=O) groups is 1. The van der Waals surface area contributed by atoms with Crippen molar-refractivity contribution < 1.29 is 19.4 Å². The molecule has 1 saturated carbocycles. The summed E-state index contributed by atoms with van der Waals surface area (Å²) in [4.78, 5) is 12.8. The van der Waals surface area contributed by atoms with Gasteiger partial charge in [-0.05, 0) is 80.3 Å². The zero-order valence-electron chi connectivity index (χ0n) is 17.7. The largest absolute Gasteiger partial charge is 0.485 e. The van der Waals surface area contributed by atoms with Crippen molar-refractivity contribution in [3.63, 3.8) is 0 Å². The first-order valence-corrected chi connectivity index (χ1v) is 11.0. The van der Waals surface area contributed by atoms with Crippen LogP contribution in [0.4, 0.5) is 0 Å². The van der Waals surface area contributed by atoms with Crippen LogP contribution in [0, 0.1) is 6.92 Å². The molecular formula is C25H31NO4. The quantitative estimate of drug-likeness (QED) is 0.748. The number of aliphatic hydroxyl groups excluding tert-OH is 1. The summed E-state index contributed by atoms with van der Waals surface area (Å²) in [5, 5.41) is 11.9. The fourth-order valence-corrected chi connectivity index (χ4v) is 4.65. The first-order valence-electron chi connectivity index (χ1n) is 11.0. The monoisotopic (exact) mass is 409 g/mol.